The SMILES string of the molecule is CC(NC(=O)C1C=CC(N)C1)C1CCC1. The second-order valence-electron chi connectivity index (χ2n) is 4.88. The molecule has 0 bridgehead atoms. The van der Waals surface area contributed by atoms with Gasteiger partial charge in [0.15, 0.2) is 0 Å². The van der Waals surface area contributed by atoms with Crippen LogP contribution < -0.4 is 11.1 Å². The number of hydrogen-bond acceptors (Lipinski definition) is 2. The smallest absolute Gasteiger partial charge is 0.227 e. The molecule has 0 heterocycles. The van der Waals surface area contributed by atoms with E-state index in [0.29, 0.717) is 12.0 Å². The van der Waals surface area contributed by atoms with Crippen LogP contribution >= 0.6 is 0 Å². The highest BCUT2D eigenvalue weighted by molar-refractivity contribution is 5.81. The van der Waals surface area contributed by atoms with Crippen molar-refractivity contribution in [1.82, 2.24) is 5.32 Å². The average Bonchev–Trinajstić information content (AvgIpc) is 2.48. The van der Waals surface area contributed by atoms with Crippen molar-refractivity contribution < 1.29 is 4.79 Å². The van der Waals surface area contributed by atoms with E-state index < -0.39 is 0 Å². The highest BCUT2D eigenvalue weighted by atomic mass is 16.1. The van der Waals surface area contributed by atoms with Gasteiger partial charge in [0.1, 0.15) is 0 Å². The Morgan fingerprint density at radius 1 is 1.47 bits per heavy atom. The molecule has 15 heavy (non-hydrogen) atoms. The molecular weight excluding hydrogens is 188 g/mol. The van der Waals surface area contributed by atoms with Crippen LogP contribution in [-0.4, -0.2) is 18.0 Å². The van der Waals surface area contributed by atoms with Crippen LogP contribution in [0.1, 0.15) is 32.6 Å². The molecule has 2 aliphatic carbocycles. The summed E-state index contributed by atoms with van der Waals surface area (Å²) in [6.07, 6.45) is 8.48. The molecule has 3 nitrogen and oxygen atoms in total. The summed E-state index contributed by atoms with van der Waals surface area (Å²) in [5.74, 6) is 0.856. The normalized spacial score (nSPS) is 32.4. The van der Waals surface area contributed by atoms with Crippen molar-refractivity contribution in [2.24, 2.45) is 17.6 Å². The minimum atomic E-state index is 0.00234. The lowest BCUT2D eigenvalue weighted by Gasteiger charge is -2.32. The van der Waals surface area contributed by atoms with E-state index in [-0.39, 0.29) is 17.9 Å². The fourth-order valence-electron chi connectivity index (χ4n) is 2.31. The summed E-state index contributed by atoms with van der Waals surface area (Å²) in [5, 5.41) is 3.10. The van der Waals surface area contributed by atoms with Crippen molar-refractivity contribution in [2.45, 2.75) is 44.7 Å². The van der Waals surface area contributed by atoms with Crippen molar-refractivity contribution >= 4 is 5.91 Å². The lowest BCUT2D eigenvalue weighted by atomic mass is 9.80. The lowest BCUT2D eigenvalue weighted by molar-refractivity contribution is -0.124. The fourth-order valence-corrected chi connectivity index (χ4v) is 2.31. The first-order valence-electron chi connectivity index (χ1n) is 5.91. The van der Waals surface area contributed by atoms with E-state index in [1.165, 1.54) is 19.3 Å². The third kappa shape index (κ3) is 2.40. The highest BCUT2D eigenvalue weighted by Gasteiger charge is 2.28. The molecule has 0 spiro atoms. The summed E-state index contributed by atoms with van der Waals surface area (Å²) in [7, 11) is 0. The summed E-state index contributed by atoms with van der Waals surface area (Å²) < 4.78 is 0. The van der Waals surface area contributed by atoms with Gasteiger partial charge in [-0.2, -0.15) is 0 Å². The summed E-state index contributed by atoms with van der Waals surface area (Å²) in [4.78, 5) is 11.8. The number of carbonyl (C=O) groups is 1. The second-order valence-corrected chi connectivity index (χ2v) is 4.88. The Balaban J connectivity index is 1.79. The summed E-state index contributed by atoms with van der Waals surface area (Å²) in [5.41, 5.74) is 5.72. The van der Waals surface area contributed by atoms with Gasteiger partial charge in [-0.15, -0.1) is 0 Å². The van der Waals surface area contributed by atoms with Crippen molar-refractivity contribution in [1.29, 1.82) is 0 Å². The standard InChI is InChI=1S/C12H20N2O/c1-8(9-3-2-4-9)14-12(15)10-5-6-11(13)7-10/h5-6,8-11H,2-4,7,13H2,1H3,(H,14,15). The molecule has 0 radical (unpaired) electrons. The van der Waals surface area contributed by atoms with Gasteiger partial charge in [-0.1, -0.05) is 18.6 Å². The Morgan fingerprint density at radius 2 is 2.20 bits per heavy atom. The molecule has 2 aliphatic rings. The average molecular weight is 208 g/mol. The van der Waals surface area contributed by atoms with Crippen molar-refractivity contribution in [3.63, 3.8) is 0 Å². The highest BCUT2D eigenvalue weighted by Crippen LogP contribution is 2.29. The van der Waals surface area contributed by atoms with E-state index in [9.17, 15) is 4.79 Å². The first-order chi connectivity index (χ1) is 7.16. The molecule has 0 aromatic heterocycles. The van der Waals surface area contributed by atoms with Gasteiger partial charge in [-0.05, 0) is 32.1 Å². The van der Waals surface area contributed by atoms with E-state index >= 15 is 0 Å². The quantitative estimate of drug-likeness (QED) is 0.685. The zero-order valence-corrected chi connectivity index (χ0v) is 9.28. The molecule has 1 amide bonds. The van der Waals surface area contributed by atoms with Crippen LogP contribution in [0, 0.1) is 11.8 Å². The number of carbonyl (C=O) groups excluding carboxylic acids is 1. The fraction of sp³-hybridized carbons (Fsp3) is 0.750. The van der Waals surface area contributed by atoms with Crippen molar-refractivity contribution in [3.8, 4) is 0 Å². The van der Waals surface area contributed by atoms with Crippen molar-refractivity contribution in [3.05, 3.63) is 12.2 Å². The van der Waals surface area contributed by atoms with Crippen LogP contribution in [0.4, 0.5) is 0 Å². The number of amides is 1. The van der Waals surface area contributed by atoms with Crippen LogP contribution in [0.3, 0.4) is 0 Å². The predicted octanol–water partition coefficient (Wildman–Crippen LogP) is 1.19. The molecule has 0 aliphatic heterocycles. The maximum Gasteiger partial charge on any atom is 0.227 e. The monoisotopic (exact) mass is 208 g/mol. The van der Waals surface area contributed by atoms with Gasteiger partial charge in [-0.25, -0.2) is 0 Å². The molecule has 2 rings (SSSR count). The molecule has 0 saturated heterocycles. The van der Waals surface area contributed by atoms with E-state index in [2.05, 4.69) is 12.2 Å². The van der Waals surface area contributed by atoms with Gasteiger partial charge in [-0.3, -0.25) is 4.79 Å². The minimum absolute atomic E-state index is 0.00234. The molecule has 84 valence electrons. The molecule has 1 fully saturated rings. The molecule has 0 aromatic carbocycles. The Hall–Kier alpha value is -0.830. The first-order valence-corrected chi connectivity index (χ1v) is 5.91. The summed E-state index contributed by atoms with van der Waals surface area (Å²) in [6, 6.07) is 0.399. The number of hydrogen-bond donors (Lipinski definition) is 2. The second kappa shape index (κ2) is 4.35. The third-order valence-corrected chi connectivity index (χ3v) is 3.68. The summed E-state index contributed by atoms with van der Waals surface area (Å²) >= 11 is 0. The molecule has 3 atom stereocenters. The molecule has 1 saturated carbocycles. The van der Waals surface area contributed by atoms with Crippen molar-refractivity contribution in [2.75, 3.05) is 0 Å². The molecule has 3 N–H and O–H groups in total. The Bertz CT molecular complexity index is 271. The largest absolute Gasteiger partial charge is 0.353 e. The number of rotatable bonds is 3. The molecule has 3 heteroatoms. The van der Waals surface area contributed by atoms with Crippen LogP contribution in [-0.2, 0) is 4.79 Å². The van der Waals surface area contributed by atoms with Gasteiger partial charge in [0.25, 0.3) is 0 Å². The van der Waals surface area contributed by atoms with E-state index in [1.807, 2.05) is 12.2 Å². The third-order valence-electron chi connectivity index (χ3n) is 3.68. The maximum absolute atomic E-state index is 11.8. The Labute approximate surface area is 91.1 Å². The Kier molecular flexibility index (Phi) is 3.10. The van der Waals surface area contributed by atoms with Crippen LogP contribution in [0.5, 0.6) is 0 Å². The zero-order chi connectivity index (χ0) is 10.8. The molecular formula is C12H20N2O. The predicted molar refractivity (Wildman–Crippen MR) is 60.2 cm³/mol. The number of nitrogens with two attached hydrogens (primary N) is 1. The van der Waals surface area contributed by atoms with Crippen LogP contribution in [0.15, 0.2) is 12.2 Å². The lowest BCUT2D eigenvalue weighted by Crippen LogP contribution is -2.43. The van der Waals surface area contributed by atoms with Crippen LogP contribution in [0.2, 0.25) is 0 Å². The zero-order valence-electron chi connectivity index (χ0n) is 9.28. The van der Waals surface area contributed by atoms with Gasteiger partial charge in [0.2, 0.25) is 5.91 Å². The first kappa shape index (κ1) is 10.7. The molecule has 3 unspecified atom stereocenters. The summed E-state index contributed by atoms with van der Waals surface area (Å²) in [6.45, 7) is 2.11. The van der Waals surface area contributed by atoms with Gasteiger partial charge >= 0.3 is 0 Å². The van der Waals surface area contributed by atoms with Gasteiger partial charge < -0.3 is 11.1 Å². The maximum atomic E-state index is 11.8. The molecule has 0 aromatic rings. The van der Waals surface area contributed by atoms with Gasteiger partial charge in [0, 0.05) is 12.1 Å². The van der Waals surface area contributed by atoms with E-state index in [1.54, 1.807) is 0 Å². The topological polar surface area (TPSA) is 55.1 Å². The Morgan fingerprint density at radius 3 is 2.67 bits per heavy atom. The van der Waals surface area contributed by atoms with Crippen LogP contribution in [0.25, 0.3) is 0 Å². The van der Waals surface area contributed by atoms with E-state index in [0.717, 1.165) is 6.42 Å². The van der Waals surface area contributed by atoms with E-state index in [4.69, 9.17) is 5.73 Å². The number of nitrogens with one attached hydrogen (secondary N) is 1. The van der Waals surface area contributed by atoms with Gasteiger partial charge in [0.05, 0.1) is 5.92 Å². The minimum Gasteiger partial charge on any atom is -0.353 e.